The Balaban J connectivity index is 2.82. The fraction of sp³-hybridized carbons (Fsp3) is 0.417. The average molecular weight is 294 g/mol. The van der Waals surface area contributed by atoms with Gasteiger partial charge in [-0.25, -0.2) is 8.78 Å². The third-order valence-corrected chi connectivity index (χ3v) is 2.40. The summed E-state index contributed by atoms with van der Waals surface area (Å²) in [5.74, 6) is -4.77. The Morgan fingerprint density at radius 2 is 2.00 bits per heavy atom. The molecule has 1 amide bonds. The van der Waals surface area contributed by atoms with E-state index in [0.717, 1.165) is 0 Å². The number of hydrogen-bond donors (Lipinski definition) is 1. The number of nitrogen functional groups attached to an aromatic ring is 1. The number of alkyl halides is 4. The highest BCUT2D eigenvalue weighted by molar-refractivity contribution is 5.95. The number of nitrogens with zero attached hydrogens (tertiary/aromatic N) is 1. The van der Waals surface area contributed by atoms with Crippen LogP contribution in [0.4, 0.5) is 23.2 Å². The molecule has 0 heterocycles. The number of anilines is 1. The maximum absolute atomic E-state index is 12.7. The summed E-state index contributed by atoms with van der Waals surface area (Å²) in [6, 6.07) is 3.74. The van der Waals surface area contributed by atoms with Gasteiger partial charge in [0.2, 0.25) is 0 Å². The van der Waals surface area contributed by atoms with Gasteiger partial charge in [-0.05, 0) is 18.2 Å². The maximum atomic E-state index is 12.7. The molecule has 4 nitrogen and oxygen atoms in total. The normalized spacial score (nSPS) is 11.6. The molecular formula is C12H14F4N2O2. The van der Waals surface area contributed by atoms with Crippen LogP contribution in [0, 0.1) is 0 Å². The van der Waals surface area contributed by atoms with Crippen LogP contribution in [0.15, 0.2) is 18.2 Å². The first-order valence-electron chi connectivity index (χ1n) is 5.55. The van der Waals surface area contributed by atoms with Gasteiger partial charge in [-0.1, -0.05) is 0 Å². The number of benzene rings is 1. The molecule has 2 N–H and O–H groups in total. The van der Waals surface area contributed by atoms with E-state index in [1.807, 2.05) is 0 Å². The van der Waals surface area contributed by atoms with Crippen molar-refractivity contribution in [3.8, 4) is 5.75 Å². The molecule has 8 heteroatoms. The zero-order valence-electron chi connectivity index (χ0n) is 10.9. The van der Waals surface area contributed by atoms with Crippen LogP contribution in [0.25, 0.3) is 0 Å². The van der Waals surface area contributed by atoms with Crippen LogP contribution in [-0.4, -0.2) is 43.9 Å². The van der Waals surface area contributed by atoms with Crippen LogP contribution in [0.1, 0.15) is 10.4 Å². The van der Waals surface area contributed by atoms with Crippen molar-refractivity contribution in [3.63, 3.8) is 0 Å². The molecule has 0 spiro atoms. The highest BCUT2D eigenvalue weighted by atomic mass is 19.3. The minimum Gasteiger partial charge on any atom is -0.485 e. The van der Waals surface area contributed by atoms with Gasteiger partial charge in [0.15, 0.2) is 6.61 Å². The Hall–Kier alpha value is -1.99. The van der Waals surface area contributed by atoms with Crippen molar-refractivity contribution in [2.45, 2.75) is 12.3 Å². The molecule has 0 fully saturated rings. The molecule has 1 aromatic carbocycles. The number of carbonyl (C=O) groups excluding carboxylic acids is 1. The summed E-state index contributed by atoms with van der Waals surface area (Å²) >= 11 is 0. The first-order chi connectivity index (χ1) is 9.15. The van der Waals surface area contributed by atoms with Gasteiger partial charge in [-0.3, -0.25) is 4.79 Å². The van der Waals surface area contributed by atoms with Gasteiger partial charge in [0.1, 0.15) is 5.75 Å². The van der Waals surface area contributed by atoms with Crippen molar-refractivity contribution < 1.29 is 27.1 Å². The van der Waals surface area contributed by atoms with E-state index in [-0.39, 0.29) is 22.9 Å². The summed E-state index contributed by atoms with van der Waals surface area (Å²) in [5.41, 5.74) is 5.69. The van der Waals surface area contributed by atoms with E-state index in [9.17, 15) is 22.4 Å². The molecule has 0 aliphatic carbocycles. The van der Waals surface area contributed by atoms with E-state index < -0.39 is 19.0 Å². The summed E-state index contributed by atoms with van der Waals surface area (Å²) in [6.07, 6.45) is -3.82. The average Bonchev–Trinajstić information content (AvgIpc) is 2.36. The van der Waals surface area contributed by atoms with Gasteiger partial charge < -0.3 is 15.4 Å². The first kappa shape index (κ1) is 16.1. The smallest absolute Gasteiger partial charge is 0.340 e. The molecule has 0 radical (unpaired) electrons. The molecule has 0 bridgehead atoms. The van der Waals surface area contributed by atoms with Crippen molar-refractivity contribution in [2.75, 3.05) is 26.4 Å². The number of ether oxygens (including phenoxy) is 1. The molecule has 0 aliphatic rings. The lowest BCUT2D eigenvalue weighted by Gasteiger charge is -2.17. The molecule has 1 rings (SSSR count). The fourth-order valence-corrected chi connectivity index (χ4v) is 1.31. The fourth-order valence-electron chi connectivity index (χ4n) is 1.31. The van der Waals surface area contributed by atoms with E-state index in [4.69, 9.17) is 5.73 Å². The molecule has 0 unspecified atom stereocenters. The van der Waals surface area contributed by atoms with Crippen molar-refractivity contribution >= 4 is 11.6 Å². The van der Waals surface area contributed by atoms with Gasteiger partial charge in [0.25, 0.3) is 5.91 Å². The van der Waals surface area contributed by atoms with Gasteiger partial charge in [-0.2, -0.15) is 8.78 Å². The Morgan fingerprint density at radius 3 is 2.45 bits per heavy atom. The molecular weight excluding hydrogens is 280 g/mol. The van der Waals surface area contributed by atoms with Crippen LogP contribution in [0.5, 0.6) is 5.75 Å². The number of carbonyl (C=O) groups is 1. The highest BCUT2D eigenvalue weighted by Gasteiger charge is 2.41. The maximum Gasteiger partial charge on any atom is 0.340 e. The number of hydrogen-bond acceptors (Lipinski definition) is 3. The topological polar surface area (TPSA) is 55.6 Å². The van der Waals surface area contributed by atoms with E-state index >= 15 is 0 Å². The first-order valence-corrected chi connectivity index (χ1v) is 5.55. The summed E-state index contributed by atoms with van der Waals surface area (Å²) in [4.78, 5) is 12.9. The van der Waals surface area contributed by atoms with Crippen LogP contribution in [0.2, 0.25) is 0 Å². The molecule has 0 atom stereocenters. The second kappa shape index (κ2) is 5.98. The second-order valence-electron chi connectivity index (χ2n) is 4.30. The Morgan fingerprint density at radius 1 is 1.40 bits per heavy atom. The predicted molar refractivity (Wildman–Crippen MR) is 65.3 cm³/mol. The zero-order chi connectivity index (χ0) is 15.5. The minimum absolute atomic E-state index is 0.0808. The van der Waals surface area contributed by atoms with Gasteiger partial charge in [-0.15, -0.1) is 0 Å². The van der Waals surface area contributed by atoms with E-state index in [1.54, 1.807) is 0 Å². The van der Waals surface area contributed by atoms with Crippen molar-refractivity contribution in [1.82, 2.24) is 4.90 Å². The summed E-state index contributed by atoms with van der Waals surface area (Å²) in [7, 11) is 3.07. The molecule has 20 heavy (non-hydrogen) atoms. The van der Waals surface area contributed by atoms with E-state index in [1.165, 1.54) is 37.2 Å². The lowest BCUT2D eigenvalue weighted by atomic mass is 10.1. The monoisotopic (exact) mass is 294 g/mol. The van der Waals surface area contributed by atoms with Crippen LogP contribution >= 0.6 is 0 Å². The molecule has 112 valence electrons. The van der Waals surface area contributed by atoms with Crippen molar-refractivity contribution in [1.29, 1.82) is 0 Å². The molecule has 0 saturated heterocycles. The van der Waals surface area contributed by atoms with Crippen molar-refractivity contribution in [3.05, 3.63) is 23.8 Å². The lowest BCUT2D eigenvalue weighted by Crippen LogP contribution is -2.33. The number of nitrogens with two attached hydrogens (primary N) is 1. The van der Waals surface area contributed by atoms with Crippen LogP contribution < -0.4 is 10.5 Å². The largest absolute Gasteiger partial charge is 0.485 e. The van der Waals surface area contributed by atoms with Crippen molar-refractivity contribution in [2.24, 2.45) is 0 Å². The van der Waals surface area contributed by atoms with E-state index in [0.29, 0.717) is 0 Å². The summed E-state index contributed by atoms with van der Waals surface area (Å²) in [6.45, 7) is -1.49. The Labute approximate surface area is 113 Å². The Bertz CT molecular complexity index is 492. The third-order valence-electron chi connectivity index (χ3n) is 2.40. The SMILES string of the molecule is CN(C)C(=O)c1ccc(OCC(F)(F)C(F)F)c(N)c1. The zero-order valence-corrected chi connectivity index (χ0v) is 10.9. The molecule has 0 aliphatic heterocycles. The summed E-state index contributed by atoms with van der Waals surface area (Å²) in [5, 5.41) is 0. The molecule has 0 aromatic heterocycles. The number of amides is 1. The van der Waals surface area contributed by atoms with Crippen LogP contribution in [-0.2, 0) is 0 Å². The van der Waals surface area contributed by atoms with E-state index in [2.05, 4.69) is 4.74 Å². The lowest BCUT2D eigenvalue weighted by molar-refractivity contribution is -0.148. The number of rotatable bonds is 5. The highest BCUT2D eigenvalue weighted by Crippen LogP contribution is 2.28. The van der Waals surface area contributed by atoms with Gasteiger partial charge in [0, 0.05) is 19.7 Å². The van der Waals surface area contributed by atoms with Gasteiger partial charge in [0.05, 0.1) is 5.69 Å². The standard InChI is InChI=1S/C12H14F4N2O2/c1-18(2)10(19)7-3-4-9(8(17)5-7)20-6-12(15,16)11(13)14/h3-5,11H,6,17H2,1-2H3. The van der Waals surface area contributed by atoms with Crippen LogP contribution in [0.3, 0.4) is 0 Å². The molecule has 0 saturated carbocycles. The second-order valence-corrected chi connectivity index (χ2v) is 4.30. The minimum atomic E-state index is -4.26. The quantitative estimate of drug-likeness (QED) is 0.669. The summed E-state index contributed by atoms with van der Waals surface area (Å²) < 4.78 is 53.9. The Kier molecular flexibility index (Phi) is 4.80. The number of halogens is 4. The van der Waals surface area contributed by atoms with Gasteiger partial charge >= 0.3 is 12.3 Å². The molecule has 1 aromatic rings. The third kappa shape index (κ3) is 3.75. The predicted octanol–water partition coefficient (Wildman–Crippen LogP) is 2.25.